The van der Waals surface area contributed by atoms with Gasteiger partial charge in [-0.1, -0.05) is 22.0 Å². The molecule has 0 amide bonds. The predicted octanol–water partition coefficient (Wildman–Crippen LogP) is 5.23. The van der Waals surface area contributed by atoms with Crippen molar-refractivity contribution < 1.29 is 0 Å². The van der Waals surface area contributed by atoms with Crippen LogP contribution >= 0.6 is 52.7 Å². The number of nitrogens with zero attached hydrogens (tertiary/aromatic N) is 2. The average Bonchev–Trinajstić information content (AvgIpc) is 4.01. The van der Waals surface area contributed by atoms with Crippen LogP contribution in [0.15, 0.2) is 149 Å². The van der Waals surface area contributed by atoms with Crippen LogP contribution in [0.5, 0.6) is 0 Å². The van der Waals surface area contributed by atoms with Crippen molar-refractivity contribution in [2.24, 2.45) is 7.05 Å². The maximum Gasteiger partial charge on any atom is 0.0950 e. The van der Waals surface area contributed by atoms with Gasteiger partial charge in [-0.05, 0) is 47.8 Å². The van der Waals surface area contributed by atoms with Gasteiger partial charge in [0, 0.05) is 125 Å². The van der Waals surface area contributed by atoms with Gasteiger partial charge in [0.1, 0.15) is 0 Å². The van der Waals surface area contributed by atoms with Crippen molar-refractivity contribution in [3.63, 3.8) is 0 Å². The number of allylic oxidation sites excluding steroid dienone is 1. The summed E-state index contributed by atoms with van der Waals surface area (Å²) in [6.07, 6.45) is 6.81. The average molecular weight is 990 g/mol. The molecule has 281 valence electrons. The third-order valence-corrected chi connectivity index (χ3v) is 23.9. The number of rotatable bonds is 11. The molecule has 2 aliphatic rings. The maximum absolute atomic E-state index is 5.73. The van der Waals surface area contributed by atoms with Gasteiger partial charge < -0.3 is 4.57 Å². The zero-order valence-electron chi connectivity index (χ0n) is 34.9. The second-order valence-electron chi connectivity index (χ2n) is 16.1. The van der Waals surface area contributed by atoms with Gasteiger partial charge in [-0.2, -0.15) is 0 Å². The van der Waals surface area contributed by atoms with Gasteiger partial charge in [0.05, 0.1) is 12.0 Å². The SMILES string of the molecule is Brc1ccc2c(c1)C(P(Br)(c1ccccc1)(c1ccccc1)c1ccccc1)CC2.Cn1cnc(/C=C2\CCc3ccc(Br)cc32)c1.[B][B]B([B])B(B([B])[B])B(B([B])[B])B([B])[B]. The molecule has 0 bridgehead atoms. The minimum absolute atomic E-state index is 0.371. The Hall–Kier alpha value is -2.11. The summed E-state index contributed by atoms with van der Waals surface area (Å²) in [5.74, 6) is 0. The topological polar surface area (TPSA) is 17.8 Å². The second-order valence-corrected chi connectivity index (χ2v) is 26.6. The minimum Gasteiger partial charge on any atom is -0.340 e. The molecule has 21 heteroatoms. The molecule has 2 aliphatic carbocycles. The number of aryl methyl sites for hydroxylation is 3. The van der Waals surface area contributed by atoms with Gasteiger partial charge >= 0.3 is 196 Å². The van der Waals surface area contributed by atoms with E-state index in [1.165, 1.54) is 50.8 Å². The summed E-state index contributed by atoms with van der Waals surface area (Å²) in [4.78, 5) is 4.35. The molecule has 0 N–H and O–H groups in total. The van der Waals surface area contributed by atoms with E-state index >= 15 is 0 Å². The monoisotopic (exact) mass is 989 g/mol. The molecule has 0 aliphatic heterocycles. The largest absolute Gasteiger partial charge is 0.340 e. The fourth-order valence-electron chi connectivity index (χ4n) is 9.17. The summed E-state index contributed by atoms with van der Waals surface area (Å²) in [6.45, 7) is 0. The first-order valence-corrected chi connectivity index (χ1v) is 26.6. The van der Waals surface area contributed by atoms with Gasteiger partial charge in [-0.15, -0.1) is 0 Å². The Morgan fingerprint density at radius 1 is 0.661 bits per heavy atom. The van der Waals surface area contributed by atoms with Gasteiger partial charge in [-0.25, -0.2) is 4.98 Å². The predicted molar refractivity (Wildman–Crippen MR) is 299 cm³/mol. The van der Waals surface area contributed by atoms with Gasteiger partial charge in [0.2, 0.25) is 0 Å². The van der Waals surface area contributed by atoms with Crippen molar-refractivity contribution >= 4 is 187 Å². The Kier molecular flexibility index (Phi) is 17.4. The zero-order chi connectivity index (χ0) is 44.6. The Morgan fingerprint density at radius 2 is 1.16 bits per heavy atom. The second kappa shape index (κ2) is 21.9. The molecular weight excluding hydrogens is 953 g/mol. The van der Waals surface area contributed by atoms with E-state index in [9.17, 15) is 0 Å². The normalized spacial score (nSPS) is 14.9. The van der Waals surface area contributed by atoms with Gasteiger partial charge in [0.25, 0.3) is 0 Å². The number of aromatic nitrogens is 2. The molecule has 1 aromatic heterocycles. The van der Waals surface area contributed by atoms with Crippen LogP contribution in [0.3, 0.4) is 0 Å². The molecule has 62 heavy (non-hydrogen) atoms. The van der Waals surface area contributed by atoms with E-state index in [4.69, 9.17) is 61.9 Å². The minimum atomic E-state index is -3.00. The van der Waals surface area contributed by atoms with Crippen molar-refractivity contribution in [1.82, 2.24) is 9.55 Å². The fourth-order valence-corrected chi connectivity index (χ4v) is 18.9. The molecule has 8 rings (SSSR count). The first kappa shape index (κ1) is 49.3. The molecule has 0 spiro atoms. The summed E-state index contributed by atoms with van der Waals surface area (Å²) in [5, 5.41) is 1.17. The first-order valence-electron chi connectivity index (χ1n) is 20.7. The van der Waals surface area contributed by atoms with Gasteiger partial charge in [0.15, 0.2) is 0 Å². The third-order valence-electron chi connectivity index (χ3n) is 12.1. The fraction of sp³-hybridized carbons (Fsp3) is 0.146. The van der Waals surface area contributed by atoms with E-state index in [1.807, 2.05) is 24.1 Å². The summed E-state index contributed by atoms with van der Waals surface area (Å²) in [6, 6.07) is 46.7. The van der Waals surface area contributed by atoms with E-state index in [0.717, 1.165) is 40.3 Å². The number of imidazole rings is 1. The van der Waals surface area contributed by atoms with E-state index in [-0.39, 0.29) is 0 Å². The number of benzene rings is 5. The third kappa shape index (κ3) is 10.6. The standard InChI is InChI=1S/C27H23Br2P.C14H13BrN2.B15/c28-22-18-16-21-17-19-27(26(21)20-22)30(29,23-10-4-1-5-11-23,24-12-6-2-7-13-24)25-14-8-3-9-15-25;1-17-8-13(16-9-17)6-11-3-2-10-4-5-12(15)7-14(10)11;1-9-13(8)15(12(6)7)14(10(2)3)11(4)5/h1-16,18,20,27H,17,19H2;4-9H,2-3H2,1H3;/b;11-6+;. The summed E-state index contributed by atoms with van der Waals surface area (Å²) in [7, 11) is 47.8. The van der Waals surface area contributed by atoms with Crippen molar-refractivity contribution in [2.75, 3.05) is 0 Å². The summed E-state index contributed by atoms with van der Waals surface area (Å²) in [5.41, 5.74) is 8.54. The molecule has 0 saturated heterocycles. The summed E-state index contributed by atoms with van der Waals surface area (Å²) < 4.78 is 4.27. The maximum atomic E-state index is 5.73. The van der Waals surface area contributed by atoms with Crippen molar-refractivity contribution in [2.45, 2.75) is 31.3 Å². The van der Waals surface area contributed by atoms with Crippen LogP contribution in [0.25, 0.3) is 11.6 Å². The molecule has 17 radical (unpaired) electrons. The van der Waals surface area contributed by atoms with Crippen molar-refractivity contribution in [3.05, 3.63) is 177 Å². The van der Waals surface area contributed by atoms with Crippen LogP contribution in [0.1, 0.15) is 46.4 Å². The van der Waals surface area contributed by atoms with Crippen LogP contribution in [-0.2, 0) is 19.9 Å². The summed E-state index contributed by atoms with van der Waals surface area (Å²) >= 11 is 11.9. The molecule has 1 unspecified atom stereocenters. The molecule has 2 nitrogen and oxygen atoms in total. The van der Waals surface area contributed by atoms with Crippen LogP contribution in [-0.4, -0.2) is 117 Å². The Bertz CT molecular complexity index is 2320. The molecule has 1 atom stereocenters. The molecule has 1 heterocycles. The molecule has 0 saturated carbocycles. The van der Waals surface area contributed by atoms with Crippen LogP contribution < -0.4 is 15.9 Å². The smallest absolute Gasteiger partial charge is 0.0950 e. The molecule has 5 aromatic carbocycles. The molecule has 0 fully saturated rings. The quantitative estimate of drug-likeness (QED) is 0.129. The van der Waals surface area contributed by atoms with E-state index in [0.29, 0.717) is 5.66 Å². The van der Waals surface area contributed by atoms with Gasteiger partial charge in [-0.3, -0.25) is 0 Å². The molecule has 6 aromatic rings. The van der Waals surface area contributed by atoms with E-state index < -0.39 is 43.6 Å². The number of halogens is 3. The molecular formula is C41H36B15Br3N2P. The van der Waals surface area contributed by atoms with Crippen LogP contribution in [0.2, 0.25) is 0 Å². The van der Waals surface area contributed by atoms with Crippen LogP contribution in [0.4, 0.5) is 0 Å². The van der Waals surface area contributed by atoms with E-state index in [1.54, 1.807) is 0 Å². The van der Waals surface area contributed by atoms with Crippen LogP contribution in [0, 0.1) is 0 Å². The Balaban J connectivity index is 0.000000171. The Morgan fingerprint density at radius 3 is 1.63 bits per heavy atom. The number of hydrogen-bond acceptors (Lipinski definition) is 1. The van der Waals surface area contributed by atoms with E-state index in [2.05, 4.69) is 186 Å². The first-order chi connectivity index (χ1) is 29.7. The van der Waals surface area contributed by atoms with Crippen molar-refractivity contribution in [3.8, 4) is 0 Å². The zero-order valence-corrected chi connectivity index (χ0v) is 40.6. The number of hydrogen-bond donors (Lipinski definition) is 0. The van der Waals surface area contributed by atoms with Crippen molar-refractivity contribution in [1.29, 1.82) is 0 Å². The number of fused-ring (bicyclic) bond motifs is 2. The Labute approximate surface area is 408 Å².